The first kappa shape index (κ1) is 17.0. The van der Waals surface area contributed by atoms with Gasteiger partial charge < -0.3 is 19.4 Å². The maximum Gasteiger partial charge on any atom is 0.257 e. The molecule has 2 aromatic rings. The number of benzene rings is 1. The zero-order valence-electron chi connectivity index (χ0n) is 13.9. The van der Waals surface area contributed by atoms with E-state index in [1.807, 2.05) is 24.5 Å². The van der Waals surface area contributed by atoms with Gasteiger partial charge >= 0.3 is 0 Å². The Morgan fingerprint density at radius 1 is 1.35 bits per heavy atom. The van der Waals surface area contributed by atoms with Crippen LogP contribution in [0.25, 0.3) is 10.9 Å². The Hall–Kier alpha value is -2.34. The number of carbonyl (C=O) groups excluding carboxylic acids is 1. The van der Waals surface area contributed by atoms with Crippen molar-refractivity contribution in [2.24, 2.45) is 0 Å². The molecular formula is C17H22N2O4. The van der Waals surface area contributed by atoms with Gasteiger partial charge in [-0.05, 0) is 32.0 Å². The average molecular weight is 318 g/mol. The molecule has 0 aliphatic rings. The highest BCUT2D eigenvalue weighted by Crippen LogP contribution is 2.19. The molecule has 1 N–H and O–H groups in total. The predicted molar refractivity (Wildman–Crippen MR) is 89.2 cm³/mol. The van der Waals surface area contributed by atoms with Gasteiger partial charge in [0.15, 0.2) is 0 Å². The van der Waals surface area contributed by atoms with E-state index in [1.165, 1.54) is 0 Å². The zero-order chi connectivity index (χ0) is 17.0. The monoisotopic (exact) mass is 318 g/mol. The second-order valence-corrected chi connectivity index (χ2v) is 5.37. The molecule has 0 saturated carbocycles. The van der Waals surface area contributed by atoms with Crippen LogP contribution in [0.4, 0.5) is 0 Å². The summed E-state index contributed by atoms with van der Waals surface area (Å²) in [5.41, 5.74) is 0.598. The Morgan fingerprint density at radius 2 is 2.09 bits per heavy atom. The number of methoxy groups -OCH3 is 2. The van der Waals surface area contributed by atoms with Crippen molar-refractivity contribution in [3.63, 3.8) is 0 Å². The molecule has 1 amide bonds. The van der Waals surface area contributed by atoms with Gasteiger partial charge in [-0.15, -0.1) is 0 Å². The largest absolute Gasteiger partial charge is 0.497 e. The van der Waals surface area contributed by atoms with Gasteiger partial charge in [0.25, 0.3) is 5.91 Å². The Morgan fingerprint density at radius 3 is 2.70 bits per heavy atom. The molecule has 6 heteroatoms. The highest BCUT2D eigenvalue weighted by molar-refractivity contribution is 5.97. The quantitative estimate of drug-likeness (QED) is 0.881. The zero-order valence-corrected chi connectivity index (χ0v) is 13.9. The minimum absolute atomic E-state index is 0.121. The lowest BCUT2D eigenvalue weighted by Gasteiger charge is -2.15. The van der Waals surface area contributed by atoms with E-state index >= 15 is 0 Å². The number of hydrogen-bond acceptors (Lipinski definition) is 4. The molecular weight excluding hydrogens is 296 g/mol. The topological polar surface area (TPSA) is 69.6 Å². The Balaban J connectivity index is 2.54. The predicted octanol–water partition coefficient (Wildman–Crippen LogP) is 1.79. The van der Waals surface area contributed by atoms with Gasteiger partial charge in [0.2, 0.25) is 5.43 Å². The summed E-state index contributed by atoms with van der Waals surface area (Å²) in [6.07, 6.45) is 1.60. The van der Waals surface area contributed by atoms with Crippen molar-refractivity contribution in [1.82, 2.24) is 9.88 Å². The van der Waals surface area contributed by atoms with Gasteiger partial charge in [0, 0.05) is 25.9 Å². The summed E-state index contributed by atoms with van der Waals surface area (Å²) in [5.74, 6) is 0.189. The summed E-state index contributed by atoms with van der Waals surface area (Å²) in [6, 6.07) is 5.12. The number of aryl methyl sites for hydroxylation is 1. The third-order valence-electron chi connectivity index (χ3n) is 3.67. The fraction of sp³-hybridized carbons (Fsp3) is 0.412. The fourth-order valence-electron chi connectivity index (χ4n) is 2.52. The van der Waals surface area contributed by atoms with Crippen LogP contribution < -0.4 is 15.5 Å². The number of hydrogen-bond donors (Lipinski definition) is 1. The van der Waals surface area contributed by atoms with E-state index in [0.29, 0.717) is 24.3 Å². The van der Waals surface area contributed by atoms with E-state index in [1.54, 1.807) is 32.5 Å². The summed E-state index contributed by atoms with van der Waals surface area (Å²) in [6.45, 7) is 4.82. The number of carbonyl (C=O) groups is 1. The van der Waals surface area contributed by atoms with Crippen LogP contribution >= 0.6 is 0 Å². The molecule has 23 heavy (non-hydrogen) atoms. The molecule has 0 aliphatic carbocycles. The molecule has 0 aliphatic heterocycles. The van der Waals surface area contributed by atoms with Crippen molar-refractivity contribution in [2.45, 2.75) is 26.4 Å². The third-order valence-corrected chi connectivity index (χ3v) is 3.67. The minimum Gasteiger partial charge on any atom is -0.497 e. The van der Waals surface area contributed by atoms with Gasteiger partial charge in [-0.1, -0.05) is 0 Å². The smallest absolute Gasteiger partial charge is 0.257 e. The summed E-state index contributed by atoms with van der Waals surface area (Å²) in [4.78, 5) is 25.1. The molecule has 1 heterocycles. The van der Waals surface area contributed by atoms with Crippen LogP contribution in [0.15, 0.2) is 29.2 Å². The molecule has 1 atom stereocenters. The molecule has 0 saturated heterocycles. The van der Waals surface area contributed by atoms with Gasteiger partial charge in [-0.2, -0.15) is 0 Å². The lowest BCUT2D eigenvalue weighted by atomic mass is 10.1. The summed E-state index contributed by atoms with van der Waals surface area (Å²) >= 11 is 0. The molecule has 0 spiro atoms. The summed E-state index contributed by atoms with van der Waals surface area (Å²) in [7, 11) is 3.11. The first-order valence-corrected chi connectivity index (χ1v) is 7.52. The molecule has 6 nitrogen and oxygen atoms in total. The molecule has 0 unspecified atom stereocenters. The number of pyridine rings is 1. The minimum atomic E-state index is -0.397. The van der Waals surface area contributed by atoms with Crippen LogP contribution in [0.3, 0.4) is 0 Å². The van der Waals surface area contributed by atoms with Gasteiger partial charge in [0.1, 0.15) is 11.3 Å². The molecule has 0 radical (unpaired) electrons. The van der Waals surface area contributed by atoms with Crippen LogP contribution in [0.2, 0.25) is 0 Å². The van der Waals surface area contributed by atoms with Crippen LogP contribution in [-0.2, 0) is 11.3 Å². The Bertz CT molecular complexity index is 767. The number of amides is 1. The first-order chi connectivity index (χ1) is 11.0. The van der Waals surface area contributed by atoms with E-state index in [2.05, 4.69) is 5.32 Å². The first-order valence-electron chi connectivity index (χ1n) is 7.52. The average Bonchev–Trinajstić information content (AvgIpc) is 2.55. The lowest BCUT2D eigenvalue weighted by molar-refractivity contribution is 0.0904. The highest BCUT2D eigenvalue weighted by Gasteiger charge is 2.17. The van der Waals surface area contributed by atoms with Crippen LogP contribution in [0, 0.1) is 0 Å². The number of nitrogens with zero attached hydrogens (tertiary/aromatic N) is 1. The van der Waals surface area contributed by atoms with E-state index in [9.17, 15) is 9.59 Å². The maximum absolute atomic E-state index is 12.7. The molecule has 0 fully saturated rings. The van der Waals surface area contributed by atoms with Gasteiger partial charge in [-0.3, -0.25) is 9.59 Å². The fourth-order valence-corrected chi connectivity index (χ4v) is 2.52. The SMILES string of the molecule is CCn1cc(C(=O)N[C@H](C)COC)c(=O)c2cc(OC)ccc21. The van der Waals surface area contributed by atoms with Crippen molar-refractivity contribution < 1.29 is 14.3 Å². The van der Waals surface area contributed by atoms with E-state index in [0.717, 1.165) is 5.52 Å². The van der Waals surface area contributed by atoms with Gasteiger partial charge in [-0.25, -0.2) is 0 Å². The second-order valence-electron chi connectivity index (χ2n) is 5.37. The number of aromatic nitrogens is 1. The highest BCUT2D eigenvalue weighted by atomic mass is 16.5. The number of fused-ring (bicyclic) bond motifs is 1. The summed E-state index contributed by atoms with van der Waals surface area (Å²) < 4.78 is 12.1. The van der Waals surface area contributed by atoms with Crippen molar-refractivity contribution >= 4 is 16.8 Å². The molecule has 124 valence electrons. The van der Waals surface area contributed by atoms with Crippen molar-refractivity contribution in [3.05, 3.63) is 40.2 Å². The number of rotatable bonds is 6. The van der Waals surface area contributed by atoms with E-state index < -0.39 is 5.91 Å². The Kier molecular flexibility index (Phi) is 5.39. The van der Waals surface area contributed by atoms with Crippen LogP contribution in [0.1, 0.15) is 24.2 Å². The molecule has 1 aromatic carbocycles. The van der Waals surface area contributed by atoms with Crippen molar-refractivity contribution in [3.8, 4) is 5.75 Å². The standard InChI is InChI=1S/C17H22N2O4/c1-5-19-9-14(17(21)18-11(2)10-22-3)16(20)13-8-12(23-4)6-7-15(13)19/h6-9,11H,5,10H2,1-4H3,(H,18,21)/t11-/m1/s1. The molecule has 2 rings (SSSR count). The lowest BCUT2D eigenvalue weighted by Crippen LogP contribution is -2.38. The van der Waals surface area contributed by atoms with Crippen molar-refractivity contribution in [2.75, 3.05) is 20.8 Å². The van der Waals surface area contributed by atoms with Crippen LogP contribution in [0.5, 0.6) is 5.75 Å². The molecule has 0 bridgehead atoms. The number of ether oxygens (including phenoxy) is 2. The maximum atomic E-state index is 12.7. The summed E-state index contributed by atoms with van der Waals surface area (Å²) in [5, 5.41) is 3.24. The van der Waals surface area contributed by atoms with Crippen LogP contribution in [-0.4, -0.2) is 37.3 Å². The Labute approximate surface area is 135 Å². The normalized spacial score (nSPS) is 12.2. The molecule has 1 aromatic heterocycles. The number of nitrogens with one attached hydrogen (secondary N) is 1. The second kappa shape index (κ2) is 7.28. The third kappa shape index (κ3) is 3.53. The van der Waals surface area contributed by atoms with E-state index in [-0.39, 0.29) is 17.0 Å². The van der Waals surface area contributed by atoms with Gasteiger partial charge in [0.05, 0.1) is 24.6 Å². The van der Waals surface area contributed by atoms with E-state index in [4.69, 9.17) is 9.47 Å². The van der Waals surface area contributed by atoms with Crippen molar-refractivity contribution in [1.29, 1.82) is 0 Å².